The average molecular weight is 355 g/mol. The van der Waals surface area contributed by atoms with E-state index in [0.717, 1.165) is 12.0 Å². The zero-order valence-corrected chi connectivity index (χ0v) is 15.6. The molecule has 2 rings (SSSR count). The smallest absolute Gasteiger partial charge is 0.291 e. The van der Waals surface area contributed by atoms with Gasteiger partial charge in [-0.1, -0.05) is 60.2 Å². The highest BCUT2D eigenvalue weighted by atomic mass is 19.1. The number of ether oxygens (including phenoxy) is 1. The molecule has 2 N–H and O–H groups in total. The molecule has 26 heavy (non-hydrogen) atoms. The van der Waals surface area contributed by atoms with E-state index in [1.54, 1.807) is 7.05 Å². The minimum absolute atomic E-state index is 0.162. The first kappa shape index (κ1) is 19.5. The van der Waals surface area contributed by atoms with Crippen LogP contribution in [0.15, 0.2) is 71.2 Å². The third-order valence-electron chi connectivity index (χ3n) is 3.81. The van der Waals surface area contributed by atoms with Crippen LogP contribution in [0.5, 0.6) is 0 Å². The number of halogens is 1. The summed E-state index contributed by atoms with van der Waals surface area (Å²) in [5.74, 6) is -0.230. The van der Waals surface area contributed by atoms with Gasteiger partial charge < -0.3 is 15.4 Å². The Balaban J connectivity index is 1.93. The van der Waals surface area contributed by atoms with Crippen LogP contribution in [0.1, 0.15) is 23.6 Å². The van der Waals surface area contributed by atoms with Crippen molar-refractivity contribution in [2.24, 2.45) is 4.99 Å². The Morgan fingerprint density at radius 2 is 1.73 bits per heavy atom. The van der Waals surface area contributed by atoms with Crippen LogP contribution in [0.25, 0.3) is 0 Å². The summed E-state index contributed by atoms with van der Waals surface area (Å²) in [6.45, 7) is 4.35. The number of aliphatic imine (C=N–C) groups is 1. The lowest BCUT2D eigenvalue weighted by Gasteiger charge is -2.12. The number of allylic oxidation sites excluding steroid dienone is 1. The van der Waals surface area contributed by atoms with Crippen LogP contribution in [-0.2, 0) is 17.7 Å². The van der Waals surface area contributed by atoms with Crippen molar-refractivity contribution < 1.29 is 9.13 Å². The second kappa shape index (κ2) is 10.2. The molecule has 0 aliphatic carbocycles. The van der Waals surface area contributed by atoms with Crippen molar-refractivity contribution in [3.05, 3.63) is 82.9 Å². The van der Waals surface area contributed by atoms with Gasteiger partial charge in [-0.25, -0.2) is 4.39 Å². The van der Waals surface area contributed by atoms with Crippen molar-refractivity contribution >= 4 is 6.02 Å². The molecule has 5 heteroatoms. The maximum absolute atomic E-state index is 13.8. The summed E-state index contributed by atoms with van der Waals surface area (Å²) in [5.41, 5.74) is 3.42. The van der Waals surface area contributed by atoms with Crippen molar-refractivity contribution in [3.63, 3.8) is 0 Å². The SMILES string of the molecule is CN/C(=N\C(NCc1ccc(C)cc1)=C(/C)F)OCCc1ccccc1. The molecule has 2 aromatic rings. The molecule has 0 saturated carbocycles. The fourth-order valence-electron chi connectivity index (χ4n) is 2.30. The third-order valence-corrected chi connectivity index (χ3v) is 3.81. The van der Waals surface area contributed by atoms with Gasteiger partial charge in [0, 0.05) is 20.0 Å². The average Bonchev–Trinajstić information content (AvgIpc) is 2.65. The summed E-state index contributed by atoms with van der Waals surface area (Å²) in [6.07, 6.45) is 0.756. The highest BCUT2D eigenvalue weighted by molar-refractivity contribution is 5.74. The van der Waals surface area contributed by atoms with Gasteiger partial charge in [-0.05, 0) is 25.0 Å². The van der Waals surface area contributed by atoms with Crippen LogP contribution in [0.4, 0.5) is 4.39 Å². The second-order valence-corrected chi connectivity index (χ2v) is 5.97. The van der Waals surface area contributed by atoms with E-state index in [2.05, 4.69) is 15.6 Å². The molecule has 0 fully saturated rings. The third kappa shape index (κ3) is 6.59. The number of aryl methyl sites for hydroxylation is 1. The molecule has 0 aromatic heterocycles. The number of benzene rings is 2. The first-order valence-corrected chi connectivity index (χ1v) is 8.67. The van der Waals surface area contributed by atoms with Gasteiger partial charge in [-0.2, -0.15) is 4.99 Å². The number of nitrogens with zero attached hydrogens (tertiary/aromatic N) is 1. The number of hydrogen-bond donors (Lipinski definition) is 2. The number of nitrogens with one attached hydrogen (secondary N) is 2. The lowest BCUT2D eigenvalue weighted by molar-refractivity contribution is 0.295. The molecule has 0 aliphatic rings. The highest BCUT2D eigenvalue weighted by Gasteiger charge is 2.05. The van der Waals surface area contributed by atoms with Crippen molar-refractivity contribution in [2.75, 3.05) is 13.7 Å². The van der Waals surface area contributed by atoms with E-state index in [1.807, 2.05) is 61.5 Å². The molecule has 0 radical (unpaired) electrons. The fraction of sp³-hybridized carbons (Fsp3) is 0.286. The second-order valence-electron chi connectivity index (χ2n) is 5.97. The van der Waals surface area contributed by atoms with E-state index in [0.29, 0.717) is 13.2 Å². The van der Waals surface area contributed by atoms with Crippen molar-refractivity contribution in [3.8, 4) is 0 Å². The van der Waals surface area contributed by atoms with Gasteiger partial charge in [0.2, 0.25) is 0 Å². The number of hydrogen-bond acceptors (Lipinski definition) is 3. The first-order valence-electron chi connectivity index (χ1n) is 8.67. The molecule has 0 aliphatic heterocycles. The number of rotatable bonds is 7. The zero-order chi connectivity index (χ0) is 18.8. The van der Waals surface area contributed by atoms with Gasteiger partial charge in [-0.15, -0.1) is 0 Å². The van der Waals surface area contributed by atoms with Crippen LogP contribution < -0.4 is 10.6 Å². The summed E-state index contributed by atoms with van der Waals surface area (Å²) in [5, 5.41) is 5.89. The van der Waals surface area contributed by atoms with Crippen molar-refractivity contribution in [1.82, 2.24) is 10.6 Å². The van der Waals surface area contributed by atoms with Crippen molar-refractivity contribution in [1.29, 1.82) is 0 Å². The summed E-state index contributed by atoms with van der Waals surface area (Å²) in [7, 11) is 1.70. The molecular formula is C21H26FN3O. The minimum Gasteiger partial charge on any atom is -0.465 e. The highest BCUT2D eigenvalue weighted by Crippen LogP contribution is 2.08. The van der Waals surface area contributed by atoms with Crippen LogP contribution in [-0.4, -0.2) is 19.7 Å². The van der Waals surface area contributed by atoms with E-state index in [-0.39, 0.29) is 11.8 Å². The van der Waals surface area contributed by atoms with Gasteiger partial charge >= 0.3 is 0 Å². The Hall–Kier alpha value is -2.82. The van der Waals surface area contributed by atoms with E-state index >= 15 is 0 Å². The van der Waals surface area contributed by atoms with Crippen LogP contribution in [0, 0.1) is 6.92 Å². The van der Waals surface area contributed by atoms with E-state index in [4.69, 9.17) is 4.74 Å². The Morgan fingerprint density at radius 3 is 2.35 bits per heavy atom. The van der Waals surface area contributed by atoms with Gasteiger partial charge in [0.1, 0.15) is 5.83 Å². The van der Waals surface area contributed by atoms with Crippen molar-refractivity contribution in [2.45, 2.75) is 26.8 Å². The fourth-order valence-corrected chi connectivity index (χ4v) is 2.30. The molecule has 0 bridgehead atoms. The van der Waals surface area contributed by atoms with Gasteiger partial charge in [0.15, 0.2) is 5.82 Å². The lowest BCUT2D eigenvalue weighted by Crippen LogP contribution is -2.25. The maximum atomic E-state index is 13.8. The molecule has 2 aromatic carbocycles. The Labute approximate surface area is 154 Å². The van der Waals surface area contributed by atoms with Crippen LogP contribution >= 0.6 is 0 Å². The Kier molecular flexibility index (Phi) is 7.68. The van der Waals surface area contributed by atoms with Crippen LogP contribution in [0.3, 0.4) is 0 Å². The predicted molar refractivity (Wildman–Crippen MR) is 104 cm³/mol. The molecule has 0 amide bonds. The normalized spacial score (nSPS) is 12.4. The molecular weight excluding hydrogens is 329 g/mol. The van der Waals surface area contributed by atoms with Gasteiger partial charge in [0.25, 0.3) is 6.02 Å². The maximum Gasteiger partial charge on any atom is 0.291 e. The van der Waals surface area contributed by atoms with E-state index in [1.165, 1.54) is 18.1 Å². The molecule has 138 valence electrons. The summed E-state index contributed by atoms with van der Waals surface area (Å²) >= 11 is 0. The largest absolute Gasteiger partial charge is 0.465 e. The molecule has 0 spiro atoms. The van der Waals surface area contributed by atoms with Crippen LogP contribution in [0.2, 0.25) is 0 Å². The van der Waals surface area contributed by atoms with E-state index < -0.39 is 5.83 Å². The first-order chi connectivity index (χ1) is 12.6. The lowest BCUT2D eigenvalue weighted by atomic mass is 10.1. The molecule has 0 atom stereocenters. The summed E-state index contributed by atoms with van der Waals surface area (Å²) < 4.78 is 19.5. The Bertz CT molecular complexity index is 736. The standard InChI is InChI=1S/C21H26FN3O/c1-16-9-11-19(12-10-16)15-24-20(17(2)22)25-21(23-3)26-14-13-18-7-5-4-6-8-18/h4-12,24H,13-15H2,1-3H3,(H,23,25)/b20-17+. The quantitative estimate of drug-likeness (QED) is 0.581. The zero-order valence-electron chi connectivity index (χ0n) is 15.6. The number of amidine groups is 1. The molecule has 0 heterocycles. The molecule has 0 saturated heterocycles. The monoisotopic (exact) mass is 355 g/mol. The topological polar surface area (TPSA) is 45.7 Å². The predicted octanol–water partition coefficient (Wildman–Crippen LogP) is 4.08. The van der Waals surface area contributed by atoms with E-state index in [9.17, 15) is 4.39 Å². The van der Waals surface area contributed by atoms with Gasteiger partial charge in [0.05, 0.1) is 6.61 Å². The van der Waals surface area contributed by atoms with Gasteiger partial charge in [-0.3, -0.25) is 0 Å². The summed E-state index contributed by atoms with van der Waals surface area (Å²) in [6, 6.07) is 18.4. The minimum atomic E-state index is -0.392. The molecule has 0 unspecified atom stereocenters. The molecule has 4 nitrogen and oxygen atoms in total. The summed E-state index contributed by atoms with van der Waals surface area (Å²) in [4.78, 5) is 4.23. The Morgan fingerprint density at radius 1 is 1.04 bits per heavy atom.